The minimum atomic E-state index is -3.80. The molecule has 0 unspecified atom stereocenters. The van der Waals surface area contributed by atoms with Gasteiger partial charge in [0, 0.05) is 49.5 Å². The minimum Gasteiger partial charge on any atom is -0.326 e. The molecule has 0 radical (unpaired) electrons. The summed E-state index contributed by atoms with van der Waals surface area (Å²) in [7, 11) is -3.80. The molecule has 0 atom stereocenters. The number of carbonyl (C=O) groups is 2. The zero-order chi connectivity index (χ0) is 22.7. The lowest BCUT2D eigenvalue weighted by atomic mass is 10.2. The number of fused-ring (bicyclic) bond motifs is 1. The highest BCUT2D eigenvalue weighted by atomic mass is 32.2. The molecule has 0 aliphatic carbocycles. The van der Waals surface area contributed by atoms with E-state index < -0.39 is 10.0 Å². The second-order valence-corrected chi connectivity index (χ2v) is 9.00. The van der Waals surface area contributed by atoms with Crippen molar-refractivity contribution in [2.24, 2.45) is 0 Å². The number of urea groups is 1. The summed E-state index contributed by atoms with van der Waals surface area (Å²) in [6.45, 7) is 2.38. The Balaban J connectivity index is 1.37. The van der Waals surface area contributed by atoms with Gasteiger partial charge in [-0.05, 0) is 65.7 Å². The van der Waals surface area contributed by atoms with E-state index in [1.165, 1.54) is 31.2 Å². The van der Waals surface area contributed by atoms with Gasteiger partial charge in [0.25, 0.3) is 10.0 Å². The molecule has 1 aliphatic rings. The van der Waals surface area contributed by atoms with E-state index in [-0.39, 0.29) is 16.8 Å². The van der Waals surface area contributed by atoms with Crippen LogP contribution in [0.25, 0.3) is 0 Å². The molecule has 1 aliphatic heterocycles. The Labute approximate surface area is 185 Å². The molecule has 3 N–H and O–H groups in total. The zero-order valence-electron chi connectivity index (χ0n) is 17.2. The first kappa shape index (κ1) is 21.3. The molecular formula is C22H21N5O4S. The number of pyridine rings is 1. The molecule has 1 aromatic heterocycles. The molecule has 3 amide bonds. The maximum absolute atomic E-state index is 12.6. The molecule has 164 valence electrons. The summed E-state index contributed by atoms with van der Waals surface area (Å²) < 4.78 is 27.7. The van der Waals surface area contributed by atoms with Crippen molar-refractivity contribution in [3.05, 3.63) is 78.1 Å². The number of carbonyl (C=O) groups excluding carboxylic acids is 2. The van der Waals surface area contributed by atoms with E-state index in [2.05, 4.69) is 20.3 Å². The molecule has 9 nitrogen and oxygen atoms in total. The highest BCUT2D eigenvalue weighted by molar-refractivity contribution is 7.92. The number of rotatable bonds is 5. The van der Waals surface area contributed by atoms with Crippen LogP contribution in [-0.2, 0) is 27.9 Å². The first-order valence-electron chi connectivity index (χ1n) is 9.78. The first-order valence-corrected chi connectivity index (χ1v) is 11.3. The van der Waals surface area contributed by atoms with Gasteiger partial charge < -0.3 is 15.5 Å². The van der Waals surface area contributed by atoms with Crippen LogP contribution >= 0.6 is 0 Å². The van der Waals surface area contributed by atoms with Gasteiger partial charge in [0.15, 0.2) is 0 Å². The first-order chi connectivity index (χ1) is 15.3. The molecule has 0 spiro atoms. The molecule has 0 saturated heterocycles. The van der Waals surface area contributed by atoms with Crippen LogP contribution in [0.3, 0.4) is 0 Å². The van der Waals surface area contributed by atoms with Crippen molar-refractivity contribution >= 4 is 39.0 Å². The van der Waals surface area contributed by atoms with Crippen LogP contribution in [0.4, 0.5) is 21.9 Å². The number of benzene rings is 2. The summed E-state index contributed by atoms with van der Waals surface area (Å²) in [4.78, 5) is 29.4. The molecule has 32 heavy (non-hydrogen) atoms. The number of nitrogens with zero attached hydrogens (tertiary/aromatic N) is 2. The summed E-state index contributed by atoms with van der Waals surface area (Å²) in [5, 5.41) is 5.40. The van der Waals surface area contributed by atoms with Gasteiger partial charge in [0.05, 0.1) is 4.90 Å². The van der Waals surface area contributed by atoms with Gasteiger partial charge in [0.1, 0.15) is 0 Å². The van der Waals surface area contributed by atoms with Gasteiger partial charge in [-0.1, -0.05) is 0 Å². The zero-order valence-corrected chi connectivity index (χ0v) is 18.0. The molecule has 4 rings (SSSR count). The molecule has 0 saturated carbocycles. The van der Waals surface area contributed by atoms with Gasteiger partial charge >= 0.3 is 6.03 Å². The van der Waals surface area contributed by atoms with Crippen molar-refractivity contribution in [3.63, 3.8) is 0 Å². The van der Waals surface area contributed by atoms with Crippen molar-refractivity contribution < 1.29 is 18.0 Å². The average molecular weight is 452 g/mol. The van der Waals surface area contributed by atoms with Gasteiger partial charge in [-0.2, -0.15) is 0 Å². The van der Waals surface area contributed by atoms with E-state index in [0.717, 1.165) is 11.1 Å². The molecule has 0 fully saturated rings. The Bertz CT molecular complexity index is 1230. The summed E-state index contributed by atoms with van der Waals surface area (Å²) in [5.41, 5.74) is 3.51. The average Bonchev–Trinajstić information content (AvgIpc) is 3.19. The normalized spacial score (nSPS) is 12.7. The van der Waals surface area contributed by atoms with Crippen LogP contribution in [0.5, 0.6) is 0 Å². The van der Waals surface area contributed by atoms with Crippen molar-refractivity contribution in [1.82, 2.24) is 9.88 Å². The van der Waals surface area contributed by atoms with E-state index in [9.17, 15) is 18.0 Å². The van der Waals surface area contributed by atoms with Crippen LogP contribution in [-0.4, -0.2) is 30.2 Å². The summed E-state index contributed by atoms with van der Waals surface area (Å²) >= 11 is 0. The Morgan fingerprint density at radius 2 is 1.44 bits per heavy atom. The van der Waals surface area contributed by atoms with Crippen LogP contribution < -0.4 is 15.4 Å². The maximum atomic E-state index is 12.6. The number of sulfonamides is 1. The fraction of sp³-hybridized carbons (Fsp3) is 0.136. The molecule has 0 bridgehead atoms. The quantitative estimate of drug-likeness (QED) is 0.549. The maximum Gasteiger partial charge on any atom is 0.322 e. The molecule has 2 aromatic carbocycles. The van der Waals surface area contributed by atoms with Crippen molar-refractivity contribution in [3.8, 4) is 0 Å². The van der Waals surface area contributed by atoms with Crippen molar-refractivity contribution in [2.45, 2.75) is 24.9 Å². The SMILES string of the molecule is CC(=O)Nc1ccc(S(=O)(=O)Nc2ccc(NC(=O)N3Cc4ccncc4C3)cc2)cc1. The predicted octanol–water partition coefficient (Wildman–Crippen LogP) is 3.39. The lowest BCUT2D eigenvalue weighted by Gasteiger charge is -2.16. The van der Waals surface area contributed by atoms with Crippen molar-refractivity contribution in [2.75, 3.05) is 15.4 Å². The summed E-state index contributed by atoms with van der Waals surface area (Å²) in [6.07, 6.45) is 3.47. The van der Waals surface area contributed by atoms with Gasteiger partial charge in [0.2, 0.25) is 5.91 Å². The van der Waals surface area contributed by atoms with E-state index in [0.29, 0.717) is 30.2 Å². The lowest BCUT2D eigenvalue weighted by molar-refractivity contribution is -0.114. The molecule has 3 aromatic rings. The monoisotopic (exact) mass is 451 g/mol. The van der Waals surface area contributed by atoms with E-state index >= 15 is 0 Å². The standard InChI is InChI=1S/C22H21N5O4S/c1-15(28)24-18-6-8-21(9-7-18)32(30,31)26-20-4-2-19(3-5-20)25-22(29)27-13-16-10-11-23-12-17(16)14-27/h2-12,26H,13-14H2,1H3,(H,24,28)(H,25,29). The smallest absolute Gasteiger partial charge is 0.322 e. The number of anilines is 3. The third kappa shape index (κ3) is 4.86. The van der Waals surface area contributed by atoms with Crippen LogP contribution in [0.2, 0.25) is 0 Å². The summed E-state index contributed by atoms with van der Waals surface area (Å²) in [6, 6.07) is 13.9. The van der Waals surface area contributed by atoms with Crippen LogP contribution in [0, 0.1) is 0 Å². The fourth-order valence-electron chi connectivity index (χ4n) is 3.32. The second-order valence-electron chi connectivity index (χ2n) is 7.32. The van der Waals surface area contributed by atoms with Crippen LogP contribution in [0.1, 0.15) is 18.1 Å². The number of hydrogen-bond acceptors (Lipinski definition) is 5. The van der Waals surface area contributed by atoms with Crippen LogP contribution in [0.15, 0.2) is 71.9 Å². The highest BCUT2D eigenvalue weighted by Crippen LogP contribution is 2.23. The second kappa shape index (κ2) is 8.67. The van der Waals surface area contributed by atoms with Gasteiger partial charge in [-0.15, -0.1) is 0 Å². The summed E-state index contributed by atoms with van der Waals surface area (Å²) in [5.74, 6) is -0.239. The van der Waals surface area contributed by atoms with E-state index in [1.807, 2.05) is 6.07 Å². The number of aromatic nitrogens is 1. The largest absolute Gasteiger partial charge is 0.326 e. The number of amides is 3. The number of nitrogens with one attached hydrogen (secondary N) is 3. The minimum absolute atomic E-state index is 0.0621. The van der Waals surface area contributed by atoms with Gasteiger partial charge in [-0.25, -0.2) is 13.2 Å². The van der Waals surface area contributed by atoms with Crippen molar-refractivity contribution in [1.29, 1.82) is 0 Å². The Morgan fingerprint density at radius 1 is 0.844 bits per heavy atom. The third-order valence-electron chi connectivity index (χ3n) is 4.89. The lowest BCUT2D eigenvalue weighted by Crippen LogP contribution is -2.30. The fourth-order valence-corrected chi connectivity index (χ4v) is 4.38. The van der Waals surface area contributed by atoms with E-state index in [4.69, 9.17) is 0 Å². The Hall–Kier alpha value is -3.92. The molecular weight excluding hydrogens is 430 g/mol. The number of hydrogen-bond donors (Lipinski definition) is 3. The van der Waals surface area contributed by atoms with E-state index in [1.54, 1.807) is 41.6 Å². The Kier molecular flexibility index (Phi) is 5.78. The highest BCUT2D eigenvalue weighted by Gasteiger charge is 2.23. The third-order valence-corrected chi connectivity index (χ3v) is 6.28. The molecule has 2 heterocycles. The van der Waals surface area contributed by atoms with Gasteiger partial charge in [-0.3, -0.25) is 14.5 Å². The predicted molar refractivity (Wildman–Crippen MR) is 120 cm³/mol. The molecule has 10 heteroatoms. The topological polar surface area (TPSA) is 120 Å². The Morgan fingerprint density at radius 3 is 2.09 bits per heavy atom.